The molecule has 2 aliphatic rings. The van der Waals surface area contributed by atoms with Crippen LogP contribution in [0.15, 0.2) is 18.2 Å². The molecule has 0 aliphatic carbocycles. The number of amides is 1. The van der Waals surface area contributed by atoms with E-state index in [1.165, 1.54) is 0 Å². The minimum atomic E-state index is -0.117. The number of methoxy groups -OCH3 is 1. The second kappa shape index (κ2) is 6.36. The third-order valence-corrected chi connectivity index (χ3v) is 4.65. The SMILES string of the molecule is COCc1nnc2n1CCN(C(=O)Cc1ccc3c(c1)OCO3)[C@H]2C. The van der Waals surface area contributed by atoms with Crippen molar-refractivity contribution >= 4 is 5.91 Å². The average Bonchev–Trinajstić information content (AvgIpc) is 3.22. The van der Waals surface area contributed by atoms with Gasteiger partial charge in [0.15, 0.2) is 23.1 Å². The van der Waals surface area contributed by atoms with E-state index in [1.54, 1.807) is 7.11 Å². The number of carbonyl (C=O) groups is 1. The van der Waals surface area contributed by atoms with Crippen molar-refractivity contribution in [3.8, 4) is 11.5 Å². The van der Waals surface area contributed by atoms with Crippen LogP contribution in [0, 0.1) is 0 Å². The predicted octanol–water partition coefficient (Wildman–Crippen LogP) is 1.30. The number of hydrogen-bond acceptors (Lipinski definition) is 6. The van der Waals surface area contributed by atoms with Gasteiger partial charge in [0.05, 0.1) is 12.5 Å². The number of ether oxygens (including phenoxy) is 3. The lowest BCUT2D eigenvalue weighted by Gasteiger charge is -2.33. The molecule has 1 amide bonds. The first-order valence-corrected chi connectivity index (χ1v) is 8.26. The lowest BCUT2D eigenvalue weighted by atomic mass is 10.1. The number of benzene rings is 1. The molecule has 0 N–H and O–H groups in total. The topological polar surface area (TPSA) is 78.7 Å². The molecule has 2 aliphatic heterocycles. The Bertz CT molecular complexity index is 804. The van der Waals surface area contributed by atoms with Crippen LogP contribution in [-0.2, 0) is 29.1 Å². The van der Waals surface area contributed by atoms with Gasteiger partial charge in [-0.25, -0.2) is 0 Å². The smallest absolute Gasteiger partial charge is 0.231 e. The molecular weight excluding hydrogens is 324 g/mol. The molecule has 132 valence electrons. The summed E-state index contributed by atoms with van der Waals surface area (Å²) < 4.78 is 17.9. The van der Waals surface area contributed by atoms with Gasteiger partial charge in [0.1, 0.15) is 6.61 Å². The molecule has 0 bridgehead atoms. The third kappa shape index (κ3) is 2.82. The van der Waals surface area contributed by atoms with Crippen LogP contribution in [0.25, 0.3) is 0 Å². The molecule has 25 heavy (non-hydrogen) atoms. The van der Waals surface area contributed by atoms with E-state index in [9.17, 15) is 4.79 Å². The van der Waals surface area contributed by atoms with Gasteiger partial charge in [0, 0.05) is 20.2 Å². The summed E-state index contributed by atoms with van der Waals surface area (Å²) in [5.74, 6) is 3.08. The summed E-state index contributed by atoms with van der Waals surface area (Å²) in [6, 6.07) is 5.50. The Balaban J connectivity index is 1.49. The molecule has 8 nitrogen and oxygen atoms in total. The Morgan fingerprint density at radius 3 is 2.96 bits per heavy atom. The Labute approximate surface area is 145 Å². The van der Waals surface area contributed by atoms with Crippen LogP contribution in [0.2, 0.25) is 0 Å². The number of hydrogen-bond donors (Lipinski definition) is 0. The second-order valence-corrected chi connectivity index (χ2v) is 6.19. The Morgan fingerprint density at radius 1 is 1.28 bits per heavy atom. The monoisotopic (exact) mass is 344 g/mol. The first-order valence-electron chi connectivity index (χ1n) is 8.26. The number of fused-ring (bicyclic) bond motifs is 2. The largest absolute Gasteiger partial charge is 0.454 e. The second-order valence-electron chi connectivity index (χ2n) is 6.19. The van der Waals surface area contributed by atoms with Gasteiger partial charge < -0.3 is 23.7 Å². The highest BCUT2D eigenvalue weighted by molar-refractivity contribution is 5.79. The molecule has 1 aromatic carbocycles. The molecule has 0 saturated carbocycles. The summed E-state index contributed by atoms with van der Waals surface area (Å²) >= 11 is 0. The van der Waals surface area contributed by atoms with Gasteiger partial charge >= 0.3 is 0 Å². The lowest BCUT2D eigenvalue weighted by Crippen LogP contribution is -2.42. The summed E-state index contributed by atoms with van der Waals surface area (Å²) in [6.07, 6.45) is 0.319. The molecule has 1 aromatic heterocycles. The van der Waals surface area contributed by atoms with Gasteiger partial charge in [-0.1, -0.05) is 6.07 Å². The Kier molecular flexibility index (Phi) is 4.04. The van der Waals surface area contributed by atoms with E-state index in [4.69, 9.17) is 14.2 Å². The van der Waals surface area contributed by atoms with Crippen LogP contribution in [0.3, 0.4) is 0 Å². The van der Waals surface area contributed by atoms with Crippen molar-refractivity contribution in [1.29, 1.82) is 0 Å². The first kappa shape index (κ1) is 15.9. The molecule has 2 aromatic rings. The van der Waals surface area contributed by atoms with Crippen molar-refractivity contribution in [3.63, 3.8) is 0 Å². The van der Waals surface area contributed by atoms with Crippen molar-refractivity contribution in [3.05, 3.63) is 35.4 Å². The molecule has 0 radical (unpaired) electrons. The molecule has 0 unspecified atom stereocenters. The van der Waals surface area contributed by atoms with E-state index in [2.05, 4.69) is 10.2 Å². The van der Waals surface area contributed by atoms with Crippen molar-refractivity contribution in [2.45, 2.75) is 32.5 Å². The van der Waals surface area contributed by atoms with Gasteiger partial charge in [-0.05, 0) is 24.6 Å². The standard InChI is InChI=1S/C17H20N4O4/c1-11-17-19-18-15(9-23-2)21(17)6-5-20(11)16(22)8-12-3-4-13-14(7-12)25-10-24-13/h3-4,7,11H,5-6,8-10H2,1-2H3/t11-/m0/s1. The van der Waals surface area contributed by atoms with Crippen molar-refractivity contribution < 1.29 is 19.0 Å². The van der Waals surface area contributed by atoms with E-state index in [0.29, 0.717) is 31.9 Å². The number of rotatable bonds is 4. The number of carbonyl (C=O) groups excluding carboxylic acids is 1. The highest BCUT2D eigenvalue weighted by Crippen LogP contribution is 2.33. The summed E-state index contributed by atoms with van der Waals surface area (Å²) in [5, 5.41) is 8.42. The van der Waals surface area contributed by atoms with Crippen LogP contribution in [0.4, 0.5) is 0 Å². The van der Waals surface area contributed by atoms with Crippen LogP contribution in [0.5, 0.6) is 11.5 Å². The fraction of sp³-hybridized carbons (Fsp3) is 0.471. The van der Waals surface area contributed by atoms with Crippen molar-refractivity contribution in [2.24, 2.45) is 0 Å². The maximum atomic E-state index is 12.8. The maximum absolute atomic E-state index is 12.8. The predicted molar refractivity (Wildman–Crippen MR) is 87.1 cm³/mol. The molecule has 1 atom stereocenters. The summed E-state index contributed by atoms with van der Waals surface area (Å²) in [6.45, 7) is 3.94. The van der Waals surface area contributed by atoms with Gasteiger partial charge in [-0.3, -0.25) is 4.79 Å². The molecule has 8 heteroatoms. The summed E-state index contributed by atoms with van der Waals surface area (Å²) in [7, 11) is 1.63. The molecule has 4 rings (SSSR count). The molecular formula is C17H20N4O4. The molecule has 0 saturated heterocycles. The summed E-state index contributed by atoms with van der Waals surface area (Å²) in [4.78, 5) is 14.6. The molecule has 0 spiro atoms. The highest BCUT2D eigenvalue weighted by Gasteiger charge is 2.31. The van der Waals surface area contributed by atoms with Crippen LogP contribution < -0.4 is 9.47 Å². The van der Waals surface area contributed by atoms with Gasteiger partial charge in [-0.2, -0.15) is 0 Å². The minimum Gasteiger partial charge on any atom is -0.454 e. The minimum absolute atomic E-state index is 0.0638. The number of aromatic nitrogens is 3. The van der Waals surface area contributed by atoms with Gasteiger partial charge in [0.25, 0.3) is 0 Å². The fourth-order valence-corrected chi connectivity index (χ4v) is 3.35. The van der Waals surface area contributed by atoms with E-state index in [0.717, 1.165) is 23.0 Å². The first-order chi connectivity index (χ1) is 12.2. The van der Waals surface area contributed by atoms with E-state index in [-0.39, 0.29) is 18.7 Å². The zero-order valence-corrected chi connectivity index (χ0v) is 14.3. The van der Waals surface area contributed by atoms with E-state index in [1.807, 2.05) is 34.6 Å². The zero-order chi connectivity index (χ0) is 17.4. The quantitative estimate of drug-likeness (QED) is 0.832. The van der Waals surface area contributed by atoms with Crippen molar-refractivity contribution in [1.82, 2.24) is 19.7 Å². The van der Waals surface area contributed by atoms with Crippen LogP contribution in [0.1, 0.15) is 30.2 Å². The van der Waals surface area contributed by atoms with E-state index < -0.39 is 0 Å². The third-order valence-electron chi connectivity index (χ3n) is 4.65. The number of nitrogens with zero attached hydrogens (tertiary/aromatic N) is 4. The molecule has 0 fully saturated rings. The maximum Gasteiger partial charge on any atom is 0.231 e. The summed E-state index contributed by atoms with van der Waals surface area (Å²) in [5.41, 5.74) is 0.911. The van der Waals surface area contributed by atoms with Crippen LogP contribution >= 0.6 is 0 Å². The molecule has 3 heterocycles. The zero-order valence-electron chi connectivity index (χ0n) is 14.3. The Hall–Kier alpha value is -2.61. The van der Waals surface area contributed by atoms with Gasteiger partial charge in [0.2, 0.25) is 12.7 Å². The Morgan fingerprint density at radius 2 is 2.12 bits per heavy atom. The van der Waals surface area contributed by atoms with Crippen molar-refractivity contribution in [2.75, 3.05) is 20.4 Å². The van der Waals surface area contributed by atoms with E-state index >= 15 is 0 Å². The van der Waals surface area contributed by atoms with Crippen LogP contribution in [-0.4, -0.2) is 46.0 Å². The normalized spacial score (nSPS) is 18.3. The lowest BCUT2D eigenvalue weighted by molar-refractivity contribution is -0.133. The average molecular weight is 344 g/mol. The van der Waals surface area contributed by atoms with Gasteiger partial charge in [-0.15, -0.1) is 10.2 Å². The fourth-order valence-electron chi connectivity index (χ4n) is 3.35. The highest BCUT2D eigenvalue weighted by atomic mass is 16.7.